The van der Waals surface area contributed by atoms with Crippen LogP contribution >= 0.6 is 0 Å². The molecule has 5 heteroatoms. The van der Waals surface area contributed by atoms with Crippen molar-refractivity contribution in [3.63, 3.8) is 0 Å². The summed E-state index contributed by atoms with van der Waals surface area (Å²) in [5.74, 6) is 1.28. The van der Waals surface area contributed by atoms with Gasteiger partial charge < -0.3 is 5.11 Å². The van der Waals surface area contributed by atoms with Crippen molar-refractivity contribution in [1.82, 2.24) is 20.2 Å². The highest BCUT2D eigenvalue weighted by molar-refractivity contribution is 5.30. The average molecular weight is 272 g/mol. The molecule has 1 aliphatic rings. The van der Waals surface area contributed by atoms with Gasteiger partial charge in [0.1, 0.15) is 0 Å². The Balaban J connectivity index is 1.65. The van der Waals surface area contributed by atoms with Crippen molar-refractivity contribution in [2.45, 2.75) is 44.6 Å². The molecule has 0 radical (unpaired) electrons. The predicted octanol–water partition coefficient (Wildman–Crippen LogP) is 2.15. The van der Waals surface area contributed by atoms with Gasteiger partial charge in [0.2, 0.25) is 0 Å². The summed E-state index contributed by atoms with van der Waals surface area (Å²) < 4.78 is 1.75. The highest BCUT2D eigenvalue weighted by atomic mass is 16.3. The minimum atomic E-state index is -0.224. The third-order valence-electron chi connectivity index (χ3n) is 4.14. The summed E-state index contributed by atoms with van der Waals surface area (Å²) >= 11 is 0. The largest absolute Gasteiger partial charge is 0.393 e. The Hall–Kier alpha value is -1.75. The summed E-state index contributed by atoms with van der Waals surface area (Å²) in [6.45, 7) is 0. The van der Waals surface area contributed by atoms with Crippen LogP contribution in [0.3, 0.4) is 0 Å². The van der Waals surface area contributed by atoms with Gasteiger partial charge in [0.15, 0.2) is 5.82 Å². The lowest BCUT2D eigenvalue weighted by molar-refractivity contribution is 0.101. The summed E-state index contributed by atoms with van der Waals surface area (Å²) in [6, 6.07) is 9.86. The van der Waals surface area contributed by atoms with Crippen molar-refractivity contribution in [3.05, 3.63) is 36.2 Å². The van der Waals surface area contributed by atoms with Crippen LogP contribution in [0, 0.1) is 5.92 Å². The zero-order valence-electron chi connectivity index (χ0n) is 11.5. The predicted molar refractivity (Wildman–Crippen MR) is 75.4 cm³/mol. The van der Waals surface area contributed by atoms with E-state index in [9.17, 15) is 5.11 Å². The van der Waals surface area contributed by atoms with Crippen LogP contribution in [0.4, 0.5) is 0 Å². The maximum Gasteiger partial charge on any atom is 0.156 e. The molecule has 1 unspecified atom stereocenters. The molecule has 5 nitrogen and oxygen atoms in total. The quantitative estimate of drug-likeness (QED) is 0.905. The number of aromatic nitrogens is 4. The first-order valence-corrected chi connectivity index (χ1v) is 7.35. The fourth-order valence-electron chi connectivity index (χ4n) is 2.99. The first-order valence-electron chi connectivity index (χ1n) is 7.35. The van der Waals surface area contributed by atoms with E-state index in [2.05, 4.69) is 15.5 Å². The summed E-state index contributed by atoms with van der Waals surface area (Å²) in [6.07, 6.45) is 6.04. The molecule has 1 aromatic carbocycles. The zero-order chi connectivity index (χ0) is 13.8. The second-order valence-corrected chi connectivity index (χ2v) is 5.49. The lowest BCUT2D eigenvalue weighted by Gasteiger charge is -2.16. The molecular formula is C15H20N4O. The maximum absolute atomic E-state index is 10.2. The van der Waals surface area contributed by atoms with Crippen molar-refractivity contribution in [1.29, 1.82) is 0 Å². The van der Waals surface area contributed by atoms with Crippen LogP contribution in [-0.2, 0) is 6.42 Å². The second kappa shape index (κ2) is 6.13. The van der Waals surface area contributed by atoms with E-state index >= 15 is 0 Å². The van der Waals surface area contributed by atoms with Crippen molar-refractivity contribution in [2.24, 2.45) is 5.92 Å². The minimum Gasteiger partial charge on any atom is -0.393 e. The Morgan fingerprint density at radius 2 is 1.95 bits per heavy atom. The van der Waals surface area contributed by atoms with Crippen molar-refractivity contribution >= 4 is 0 Å². The average Bonchev–Trinajstić information content (AvgIpc) is 3.17. The van der Waals surface area contributed by atoms with Gasteiger partial charge in [-0.25, -0.2) is 0 Å². The highest BCUT2D eigenvalue weighted by Gasteiger charge is 2.23. The lowest BCUT2D eigenvalue weighted by Crippen LogP contribution is -2.19. The Kier molecular flexibility index (Phi) is 4.06. The fraction of sp³-hybridized carbons (Fsp3) is 0.533. The van der Waals surface area contributed by atoms with E-state index in [1.54, 1.807) is 4.68 Å². The summed E-state index contributed by atoms with van der Waals surface area (Å²) in [4.78, 5) is 0. The normalized spacial score (nSPS) is 17.4. The van der Waals surface area contributed by atoms with E-state index in [4.69, 9.17) is 0 Å². The van der Waals surface area contributed by atoms with Gasteiger partial charge in [-0.1, -0.05) is 31.0 Å². The molecule has 0 amide bonds. The molecule has 20 heavy (non-hydrogen) atoms. The molecule has 1 N–H and O–H groups in total. The van der Waals surface area contributed by atoms with E-state index in [0.717, 1.165) is 30.8 Å². The van der Waals surface area contributed by atoms with Gasteiger partial charge in [-0.05, 0) is 47.7 Å². The molecule has 2 aromatic rings. The van der Waals surface area contributed by atoms with Crippen LogP contribution in [0.2, 0.25) is 0 Å². The van der Waals surface area contributed by atoms with Gasteiger partial charge in [0, 0.05) is 6.42 Å². The van der Waals surface area contributed by atoms with E-state index in [0.29, 0.717) is 12.3 Å². The molecule has 3 rings (SSSR count). The van der Waals surface area contributed by atoms with Gasteiger partial charge in [-0.3, -0.25) is 0 Å². The van der Waals surface area contributed by atoms with Crippen LogP contribution in [0.5, 0.6) is 0 Å². The number of aliphatic hydroxyl groups excluding tert-OH is 1. The van der Waals surface area contributed by atoms with Gasteiger partial charge in [-0.15, -0.1) is 5.10 Å². The third kappa shape index (κ3) is 2.88. The highest BCUT2D eigenvalue weighted by Crippen LogP contribution is 2.29. The van der Waals surface area contributed by atoms with E-state index < -0.39 is 0 Å². The number of aryl methyl sites for hydroxylation is 1. The summed E-state index contributed by atoms with van der Waals surface area (Å²) in [5, 5.41) is 22.1. The Morgan fingerprint density at radius 1 is 1.20 bits per heavy atom. The number of tetrazole rings is 1. The van der Waals surface area contributed by atoms with E-state index in [1.165, 1.54) is 12.8 Å². The number of para-hydroxylation sites is 1. The maximum atomic E-state index is 10.2. The topological polar surface area (TPSA) is 63.8 Å². The SMILES string of the molecule is OC(CCc1nnnn1-c1ccccc1)C1CCCC1. The monoisotopic (exact) mass is 272 g/mol. The molecule has 1 aromatic heterocycles. The smallest absolute Gasteiger partial charge is 0.156 e. The third-order valence-corrected chi connectivity index (χ3v) is 4.14. The first kappa shape index (κ1) is 13.2. The van der Waals surface area contributed by atoms with Gasteiger partial charge in [0.25, 0.3) is 0 Å². The molecular weight excluding hydrogens is 252 g/mol. The van der Waals surface area contributed by atoms with Crippen molar-refractivity contribution in [3.8, 4) is 5.69 Å². The molecule has 0 bridgehead atoms. The van der Waals surface area contributed by atoms with Crippen molar-refractivity contribution in [2.75, 3.05) is 0 Å². The molecule has 106 valence electrons. The molecule has 1 aliphatic carbocycles. The van der Waals surface area contributed by atoms with E-state index in [-0.39, 0.29) is 6.10 Å². The number of nitrogens with zero attached hydrogens (tertiary/aromatic N) is 4. The second-order valence-electron chi connectivity index (χ2n) is 5.49. The lowest BCUT2D eigenvalue weighted by atomic mass is 9.97. The molecule has 1 saturated carbocycles. The molecule has 0 saturated heterocycles. The van der Waals surface area contributed by atoms with Crippen LogP contribution in [0.15, 0.2) is 30.3 Å². The van der Waals surface area contributed by atoms with Crippen LogP contribution < -0.4 is 0 Å². The molecule has 1 fully saturated rings. The van der Waals surface area contributed by atoms with Crippen LogP contribution in [0.1, 0.15) is 37.9 Å². The van der Waals surface area contributed by atoms with Gasteiger partial charge >= 0.3 is 0 Å². The standard InChI is InChI=1S/C15H20N4O/c20-14(12-6-4-5-7-12)10-11-15-16-17-18-19(15)13-8-2-1-3-9-13/h1-3,8-9,12,14,20H,4-7,10-11H2. The Labute approximate surface area is 118 Å². The van der Waals surface area contributed by atoms with E-state index in [1.807, 2.05) is 30.3 Å². The summed E-state index contributed by atoms with van der Waals surface area (Å²) in [7, 11) is 0. The number of hydrogen-bond acceptors (Lipinski definition) is 4. The molecule has 1 heterocycles. The van der Waals surface area contributed by atoms with Gasteiger partial charge in [0.05, 0.1) is 11.8 Å². The first-order chi connectivity index (χ1) is 9.84. The number of benzene rings is 1. The Morgan fingerprint density at radius 3 is 2.70 bits per heavy atom. The number of rotatable bonds is 5. The molecule has 1 atom stereocenters. The van der Waals surface area contributed by atoms with Gasteiger partial charge in [-0.2, -0.15) is 4.68 Å². The molecule has 0 spiro atoms. The minimum absolute atomic E-state index is 0.224. The van der Waals surface area contributed by atoms with Crippen molar-refractivity contribution < 1.29 is 5.11 Å². The fourth-order valence-corrected chi connectivity index (χ4v) is 2.99. The number of aliphatic hydroxyl groups is 1. The van der Waals surface area contributed by atoms with Crippen LogP contribution in [-0.4, -0.2) is 31.4 Å². The summed E-state index contributed by atoms with van der Waals surface area (Å²) in [5.41, 5.74) is 0.961. The zero-order valence-corrected chi connectivity index (χ0v) is 11.5. The molecule has 0 aliphatic heterocycles. The van der Waals surface area contributed by atoms with Crippen LogP contribution in [0.25, 0.3) is 5.69 Å². The number of hydrogen-bond donors (Lipinski definition) is 1. The Bertz CT molecular complexity index is 534.